The van der Waals surface area contributed by atoms with E-state index in [-0.39, 0.29) is 0 Å². The summed E-state index contributed by atoms with van der Waals surface area (Å²) in [5.41, 5.74) is 3.47. The Kier molecular flexibility index (Phi) is 5.82. The summed E-state index contributed by atoms with van der Waals surface area (Å²) in [4.78, 5) is 21.0. The van der Waals surface area contributed by atoms with Crippen LogP contribution in [0, 0.1) is 6.92 Å². The zero-order chi connectivity index (χ0) is 24.4. The molecule has 0 saturated heterocycles. The van der Waals surface area contributed by atoms with Crippen LogP contribution in [0.1, 0.15) is 17.0 Å². The number of anilines is 1. The van der Waals surface area contributed by atoms with Gasteiger partial charge in [0, 0.05) is 59.7 Å². The van der Waals surface area contributed by atoms with Crippen LogP contribution in [0.3, 0.4) is 0 Å². The van der Waals surface area contributed by atoms with Crippen LogP contribution in [0.2, 0.25) is 0 Å². The van der Waals surface area contributed by atoms with Crippen molar-refractivity contribution in [3.05, 3.63) is 96.5 Å². The van der Waals surface area contributed by atoms with Crippen molar-refractivity contribution in [2.24, 2.45) is 0 Å². The number of pyridine rings is 5. The van der Waals surface area contributed by atoms with Crippen molar-refractivity contribution in [3.63, 3.8) is 0 Å². The maximum absolute atomic E-state index is 12.9. The molecule has 6 nitrogen and oxygen atoms in total. The molecule has 0 aliphatic carbocycles. The van der Waals surface area contributed by atoms with E-state index in [2.05, 4.69) is 30.2 Å². The summed E-state index contributed by atoms with van der Waals surface area (Å²) in [6.07, 6.45) is 3.55. The third-order valence-corrected chi connectivity index (χ3v) is 5.47. The van der Waals surface area contributed by atoms with Gasteiger partial charge < -0.3 is 5.32 Å². The highest BCUT2D eigenvalue weighted by Crippen LogP contribution is 2.30. The molecule has 0 saturated carbocycles. The Morgan fingerprint density at radius 2 is 1.49 bits per heavy atom. The molecule has 174 valence electrons. The second-order valence-electron chi connectivity index (χ2n) is 7.97. The topological polar surface area (TPSA) is 76.5 Å². The van der Waals surface area contributed by atoms with Crippen LogP contribution in [-0.2, 0) is 12.7 Å². The standard InChI is InChI=1S/C26H19F3N6/c1-16-10-19(5-7-30-16)23-11-18-4-9-32-25(21(18)15-34-23)35-14-17-2-3-22(33-13-17)20-6-8-31-24(12-20)26(27,28)29/h2-13,15H,14H2,1H3,(H,32,35). The van der Waals surface area contributed by atoms with Gasteiger partial charge in [0.15, 0.2) is 0 Å². The van der Waals surface area contributed by atoms with E-state index in [4.69, 9.17) is 0 Å². The van der Waals surface area contributed by atoms with E-state index in [0.717, 1.165) is 45.6 Å². The number of rotatable bonds is 5. The van der Waals surface area contributed by atoms with E-state index in [1.165, 1.54) is 6.07 Å². The second-order valence-corrected chi connectivity index (χ2v) is 7.97. The number of hydrogen-bond donors (Lipinski definition) is 1. The van der Waals surface area contributed by atoms with E-state index in [1.807, 2.05) is 37.3 Å². The molecule has 0 aromatic carbocycles. The van der Waals surface area contributed by atoms with Crippen molar-refractivity contribution in [1.29, 1.82) is 0 Å². The highest BCUT2D eigenvalue weighted by Gasteiger charge is 2.32. The first-order valence-corrected chi connectivity index (χ1v) is 10.8. The first-order valence-electron chi connectivity index (χ1n) is 10.8. The van der Waals surface area contributed by atoms with E-state index in [1.54, 1.807) is 30.9 Å². The van der Waals surface area contributed by atoms with Crippen LogP contribution in [-0.4, -0.2) is 24.9 Å². The largest absolute Gasteiger partial charge is 0.433 e. The van der Waals surface area contributed by atoms with Crippen molar-refractivity contribution >= 4 is 16.6 Å². The Bertz CT molecular complexity index is 1500. The van der Waals surface area contributed by atoms with E-state index >= 15 is 0 Å². The fraction of sp³-hybridized carbons (Fsp3) is 0.115. The lowest BCUT2D eigenvalue weighted by Crippen LogP contribution is -2.07. The van der Waals surface area contributed by atoms with Crippen LogP contribution in [0.4, 0.5) is 19.0 Å². The molecule has 5 heterocycles. The Morgan fingerprint density at radius 3 is 2.23 bits per heavy atom. The van der Waals surface area contributed by atoms with Crippen molar-refractivity contribution in [2.45, 2.75) is 19.6 Å². The molecule has 0 fully saturated rings. The van der Waals surface area contributed by atoms with Gasteiger partial charge in [-0.2, -0.15) is 13.2 Å². The fourth-order valence-corrected chi connectivity index (χ4v) is 3.70. The van der Waals surface area contributed by atoms with Crippen LogP contribution < -0.4 is 5.32 Å². The average Bonchev–Trinajstić information content (AvgIpc) is 2.87. The lowest BCUT2D eigenvalue weighted by molar-refractivity contribution is -0.141. The molecule has 0 spiro atoms. The molecular weight excluding hydrogens is 453 g/mol. The Balaban J connectivity index is 1.33. The van der Waals surface area contributed by atoms with Crippen LogP contribution in [0.15, 0.2) is 79.5 Å². The first kappa shape index (κ1) is 22.4. The molecule has 5 rings (SSSR count). The smallest absolute Gasteiger partial charge is 0.365 e. The minimum absolute atomic E-state index is 0.355. The number of alkyl halides is 3. The first-order chi connectivity index (χ1) is 16.9. The molecule has 5 aromatic rings. The molecule has 0 bridgehead atoms. The van der Waals surface area contributed by atoms with Gasteiger partial charge in [0.05, 0.1) is 11.4 Å². The van der Waals surface area contributed by atoms with Crippen molar-refractivity contribution in [2.75, 3.05) is 5.32 Å². The maximum atomic E-state index is 12.9. The Hall–Kier alpha value is -4.40. The zero-order valence-electron chi connectivity index (χ0n) is 18.6. The molecule has 0 amide bonds. The summed E-state index contributed by atoms with van der Waals surface area (Å²) < 4.78 is 38.8. The molecule has 9 heteroatoms. The average molecular weight is 472 g/mol. The highest BCUT2D eigenvalue weighted by molar-refractivity contribution is 5.93. The highest BCUT2D eigenvalue weighted by atomic mass is 19.4. The predicted octanol–water partition coefficient (Wildman–Crippen LogP) is 6.09. The summed E-state index contributed by atoms with van der Waals surface area (Å²) in [7, 11) is 0. The van der Waals surface area contributed by atoms with Gasteiger partial charge in [-0.3, -0.25) is 19.9 Å². The Labute approximate surface area is 199 Å². The molecule has 0 aliphatic heterocycles. The minimum Gasteiger partial charge on any atom is -0.365 e. The number of halogens is 3. The quantitative estimate of drug-likeness (QED) is 0.334. The van der Waals surface area contributed by atoms with Gasteiger partial charge in [0.25, 0.3) is 0 Å². The number of nitrogens with zero attached hydrogens (tertiary/aromatic N) is 5. The predicted molar refractivity (Wildman–Crippen MR) is 127 cm³/mol. The summed E-state index contributed by atoms with van der Waals surface area (Å²) in [5.74, 6) is 0.681. The third-order valence-electron chi connectivity index (χ3n) is 5.47. The number of hydrogen-bond acceptors (Lipinski definition) is 6. The summed E-state index contributed by atoms with van der Waals surface area (Å²) in [6, 6.07) is 13.9. The second kappa shape index (κ2) is 9.09. The van der Waals surface area contributed by atoms with Crippen LogP contribution in [0.25, 0.3) is 33.3 Å². The third kappa shape index (κ3) is 4.93. The monoisotopic (exact) mass is 472 g/mol. The van der Waals surface area contributed by atoms with Crippen molar-refractivity contribution in [1.82, 2.24) is 24.9 Å². The molecule has 0 radical (unpaired) electrons. The summed E-state index contributed by atoms with van der Waals surface area (Å²) in [6.45, 7) is 2.38. The molecule has 0 unspecified atom stereocenters. The van der Waals surface area contributed by atoms with Crippen LogP contribution in [0.5, 0.6) is 0 Å². The van der Waals surface area contributed by atoms with Gasteiger partial charge in [-0.15, -0.1) is 0 Å². The summed E-state index contributed by atoms with van der Waals surface area (Å²) in [5, 5.41) is 5.17. The number of aryl methyl sites for hydroxylation is 1. The van der Waals surface area contributed by atoms with Gasteiger partial charge >= 0.3 is 6.18 Å². The van der Waals surface area contributed by atoms with Gasteiger partial charge in [0.1, 0.15) is 11.5 Å². The number of aromatic nitrogens is 5. The van der Waals surface area contributed by atoms with Crippen molar-refractivity contribution in [3.8, 4) is 22.5 Å². The molecular formula is C26H19F3N6. The van der Waals surface area contributed by atoms with Gasteiger partial charge in [-0.25, -0.2) is 4.98 Å². The lowest BCUT2D eigenvalue weighted by atomic mass is 10.1. The van der Waals surface area contributed by atoms with Gasteiger partial charge in [0.2, 0.25) is 0 Å². The maximum Gasteiger partial charge on any atom is 0.433 e. The summed E-state index contributed by atoms with van der Waals surface area (Å²) >= 11 is 0. The molecule has 0 aliphatic rings. The van der Waals surface area contributed by atoms with E-state index in [9.17, 15) is 13.2 Å². The van der Waals surface area contributed by atoms with E-state index in [0.29, 0.717) is 23.6 Å². The van der Waals surface area contributed by atoms with Gasteiger partial charge in [-0.05, 0) is 60.3 Å². The normalized spacial score (nSPS) is 11.5. The molecule has 35 heavy (non-hydrogen) atoms. The number of fused-ring (bicyclic) bond motifs is 1. The molecule has 5 aromatic heterocycles. The minimum atomic E-state index is -4.50. The van der Waals surface area contributed by atoms with Crippen molar-refractivity contribution < 1.29 is 13.2 Å². The Morgan fingerprint density at radius 1 is 0.743 bits per heavy atom. The van der Waals surface area contributed by atoms with E-state index < -0.39 is 11.9 Å². The van der Waals surface area contributed by atoms with Crippen LogP contribution >= 0.6 is 0 Å². The number of nitrogens with one attached hydrogen (secondary N) is 1. The molecule has 0 atom stereocenters. The lowest BCUT2D eigenvalue weighted by Gasteiger charge is -2.11. The molecule has 1 N–H and O–H groups in total. The van der Waals surface area contributed by atoms with Gasteiger partial charge in [-0.1, -0.05) is 6.07 Å². The zero-order valence-corrected chi connectivity index (χ0v) is 18.6. The fourth-order valence-electron chi connectivity index (χ4n) is 3.70. The SMILES string of the molecule is Cc1cc(-c2cc3ccnc(NCc4ccc(-c5ccnc(C(F)(F)F)c5)nc4)c3cn2)ccn1.